The second-order valence-corrected chi connectivity index (χ2v) is 9.35. The zero-order chi connectivity index (χ0) is 18.5. The van der Waals surface area contributed by atoms with Crippen molar-refractivity contribution in [1.82, 2.24) is 0 Å². The molecule has 0 heterocycles. The summed E-state index contributed by atoms with van der Waals surface area (Å²) < 4.78 is 11.1. The molecular formula is C21H25ClO4. The van der Waals surface area contributed by atoms with Crippen LogP contribution in [0.25, 0.3) is 0 Å². The molecule has 1 aromatic carbocycles. The molecular weight excluding hydrogens is 352 g/mol. The molecule has 2 unspecified atom stereocenters. The van der Waals surface area contributed by atoms with Crippen LogP contribution in [0.2, 0.25) is 0 Å². The highest BCUT2D eigenvalue weighted by atomic mass is 35.5. The zero-order valence-corrected chi connectivity index (χ0v) is 16.1. The van der Waals surface area contributed by atoms with E-state index < -0.39 is 5.41 Å². The summed E-state index contributed by atoms with van der Waals surface area (Å²) in [5.74, 6) is 1.58. The normalized spacial score (nSPS) is 34.6. The van der Waals surface area contributed by atoms with Crippen molar-refractivity contribution in [3.8, 4) is 5.75 Å². The van der Waals surface area contributed by atoms with Gasteiger partial charge in [-0.1, -0.05) is 0 Å². The van der Waals surface area contributed by atoms with E-state index in [1.165, 1.54) is 13.3 Å². The Morgan fingerprint density at radius 1 is 1.19 bits per heavy atom. The molecule has 4 nitrogen and oxygen atoms in total. The topological polar surface area (TPSA) is 52.6 Å². The third-order valence-electron chi connectivity index (χ3n) is 6.47. The number of ether oxygens (including phenoxy) is 2. The Balaban J connectivity index is 1.51. The van der Waals surface area contributed by atoms with Gasteiger partial charge in [-0.05, 0) is 75.5 Å². The molecule has 1 aromatic rings. The minimum Gasteiger partial charge on any atom is -0.496 e. The molecule has 0 radical (unpaired) electrons. The quantitative estimate of drug-likeness (QED) is 0.430. The van der Waals surface area contributed by atoms with Crippen LogP contribution in [0.4, 0.5) is 0 Å². The van der Waals surface area contributed by atoms with Crippen molar-refractivity contribution in [1.29, 1.82) is 0 Å². The predicted octanol–water partition coefficient (Wildman–Crippen LogP) is 4.52. The van der Waals surface area contributed by atoms with Gasteiger partial charge in [0, 0.05) is 16.0 Å². The maximum atomic E-state index is 13.0. The summed E-state index contributed by atoms with van der Waals surface area (Å²) in [5, 5.41) is 0. The van der Waals surface area contributed by atoms with Crippen molar-refractivity contribution in [2.24, 2.45) is 17.3 Å². The summed E-state index contributed by atoms with van der Waals surface area (Å²) in [6, 6.07) is 5.22. The molecule has 4 fully saturated rings. The number of halogens is 1. The van der Waals surface area contributed by atoms with Crippen LogP contribution in [0, 0.1) is 17.3 Å². The van der Waals surface area contributed by atoms with Gasteiger partial charge in [0.15, 0.2) is 5.78 Å². The molecule has 4 saturated carbocycles. The fourth-order valence-electron chi connectivity index (χ4n) is 5.80. The Labute approximate surface area is 159 Å². The number of Topliss-reactive ketones (excluding diaryl/α,β-unsaturated/α-hetero) is 1. The van der Waals surface area contributed by atoms with E-state index in [9.17, 15) is 9.59 Å². The van der Waals surface area contributed by atoms with E-state index in [2.05, 4.69) is 0 Å². The van der Waals surface area contributed by atoms with Gasteiger partial charge in [0.2, 0.25) is 0 Å². The summed E-state index contributed by atoms with van der Waals surface area (Å²) in [6.07, 6.45) is 5.82. The van der Waals surface area contributed by atoms with E-state index in [1.807, 2.05) is 0 Å². The number of hydrogen-bond acceptors (Lipinski definition) is 4. The van der Waals surface area contributed by atoms with E-state index in [-0.39, 0.29) is 23.2 Å². The van der Waals surface area contributed by atoms with Gasteiger partial charge < -0.3 is 9.47 Å². The lowest BCUT2D eigenvalue weighted by atomic mass is 9.49. The third kappa shape index (κ3) is 3.02. The Kier molecular flexibility index (Phi) is 4.30. The van der Waals surface area contributed by atoms with Gasteiger partial charge in [0.25, 0.3) is 0 Å². The highest BCUT2D eigenvalue weighted by molar-refractivity contribution is 6.24. The minimum atomic E-state index is -0.419. The summed E-state index contributed by atoms with van der Waals surface area (Å²) in [7, 11) is 1.57. The van der Waals surface area contributed by atoms with Gasteiger partial charge in [-0.15, -0.1) is 11.6 Å². The van der Waals surface area contributed by atoms with Crippen LogP contribution in [0.1, 0.15) is 61.4 Å². The molecule has 26 heavy (non-hydrogen) atoms. The van der Waals surface area contributed by atoms with Crippen LogP contribution >= 0.6 is 11.6 Å². The lowest BCUT2D eigenvalue weighted by molar-refractivity contribution is -0.171. The molecule has 5 heteroatoms. The van der Waals surface area contributed by atoms with Gasteiger partial charge in [0.05, 0.1) is 12.5 Å². The fraction of sp³-hybridized carbons (Fsp3) is 0.619. The standard InChI is InChI=1S/C21H25ClO4/c1-13(23)16-3-4-18(25-2)17(6-16)11-26-19(24)20-7-14-5-15(8-20)10-21(22,9-14)12-20/h3-4,6,14-15H,5,7-12H2,1-2H3/t14-,15+,20?,21?. The first kappa shape index (κ1) is 17.8. The average molecular weight is 377 g/mol. The number of rotatable bonds is 5. The molecule has 0 N–H and O–H groups in total. The maximum Gasteiger partial charge on any atom is 0.312 e. The van der Waals surface area contributed by atoms with Crippen molar-refractivity contribution >= 4 is 23.4 Å². The highest BCUT2D eigenvalue weighted by Gasteiger charge is 2.60. The lowest BCUT2D eigenvalue weighted by Crippen LogP contribution is -2.56. The maximum absolute atomic E-state index is 13.0. The largest absolute Gasteiger partial charge is 0.496 e. The minimum absolute atomic E-state index is 0.0228. The molecule has 4 aliphatic rings. The first-order chi connectivity index (χ1) is 12.3. The number of ketones is 1. The molecule has 140 valence electrons. The molecule has 0 saturated heterocycles. The SMILES string of the molecule is COc1ccc(C(C)=O)cc1COC(=O)C12C[C@@H]3C[C@@H](CC(Cl)(C3)C1)C2. The number of esters is 1. The zero-order valence-electron chi connectivity index (χ0n) is 15.3. The second-order valence-electron chi connectivity index (χ2n) is 8.55. The number of hydrogen-bond donors (Lipinski definition) is 0. The number of alkyl halides is 1. The first-order valence-corrected chi connectivity index (χ1v) is 9.74. The monoisotopic (exact) mass is 376 g/mol. The van der Waals surface area contributed by atoms with Gasteiger partial charge in [-0.25, -0.2) is 0 Å². The van der Waals surface area contributed by atoms with Crippen LogP contribution < -0.4 is 4.74 Å². The Hall–Kier alpha value is -1.55. The summed E-state index contributed by atoms with van der Waals surface area (Å²) in [4.78, 5) is 24.5. The van der Waals surface area contributed by atoms with E-state index in [0.29, 0.717) is 23.1 Å². The van der Waals surface area contributed by atoms with Crippen LogP contribution in [0.15, 0.2) is 18.2 Å². The van der Waals surface area contributed by atoms with Crippen molar-refractivity contribution in [3.05, 3.63) is 29.3 Å². The summed E-state index contributed by atoms with van der Waals surface area (Å²) in [5.41, 5.74) is 0.891. The molecule has 4 bridgehead atoms. The van der Waals surface area contributed by atoms with Crippen molar-refractivity contribution in [2.75, 3.05) is 7.11 Å². The summed E-state index contributed by atoms with van der Waals surface area (Å²) >= 11 is 6.82. The number of carbonyl (C=O) groups is 2. The molecule has 4 aliphatic carbocycles. The Morgan fingerprint density at radius 3 is 2.46 bits per heavy atom. The van der Waals surface area contributed by atoms with Gasteiger partial charge >= 0.3 is 5.97 Å². The van der Waals surface area contributed by atoms with Crippen molar-refractivity contribution < 1.29 is 19.1 Å². The molecule has 5 rings (SSSR count). The fourth-order valence-corrected chi connectivity index (χ4v) is 6.49. The van der Waals surface area contributed by atoms with Crippen LogP contribution in [-0.2, 0) is 16.1 Å². The molecule has 0 spiro atoms. The summed E-state index contributed by atoms with van der Waals surface area (Å²) in [6.45, 7) is 1.64. The van der Waals surface area contributed by atoms with E-state index >= 15 is 0 Å². The number of carbonyl (C=O) groups excluding carboxylic acids is 2. The molecule has 4 atom stereocenters. The van der Waals surface area contributed by atoms with Gasteiger partial charge in [-0.3, -0.25) is 9.59 Å². The van der Waals surface area contributed by atoms with Crippen LogP contribution in [-0.4, -0.2) is 23.7 Å². The van der Waals surface area contributed by atoms with Crippen molar-refractivity contribution in [2.45, 2.75) is 56.9 Å². The third-order valence-corrected chi connectivity index (χ3v) is 6.91. The lowest BCUT2D eigenvalue weighted by Gasteiger charge is -2.58. The second kappa shape index (κ2) is 6.26. The Morgan fingerprint density at radius 2 is 1.88 bits per heavy atom. The number of methoxy groups -OCH3 is 1. The van der Waals surface area contributed by atoms with Crippen molar-refractivity contribution in [3.63, 3.8) is 0 Å². The smallest absolute Gasteiger partial charge is 0.312 e. The van der Waals surface area contributed by atoms with Gasteiger partial charge in [-0.2, -0.15) is 0 Å². The van der Waals surface area contributed by atoms with E-state index in [1.54, 1.807) is 25.3 Å². The molecule has 0 amide bonds. The van der Waals surface area contributed by atoms with Crippen LogP contribution in [0.5, 0.6) is 5.75 Å². The predicted molar refractivity (Wildman–Crippen MR) is 98.5 cm³/mol. The average Bonchev–Trinajstić information content (AvgIpc) is 2.57. The van der Waals surface area contributed by atoms with Crippen LogP contribution in [0.3, 0.4) is 0 Å². The van der Waals surface area contributed by atoms with Gasteiger partial charge in [0.1, 0.15) is 12.4 Å². The number of benzene rings is 1. The highest BCUT2D eigenvalue weighted by Crippen LogP contribution is 2.64. The van der Waals surface area contributed by atoms with E-state index in [0.717, 1.165) is 37.7 Å². The molecule has 0 aliphatic heterocycles. The Bertz CT molecular complexity index is 742. The van der Waals surface area contributed by atoms with E-state index in [4.69, 9.17) is 21.1 Å². The molecule has 0 aromatic heterocycles. The first-order valence-electron chi connectivity index (χ1n) is 9.36.